The van der Waals surface area contributed by atoms with E-state index in [-0.39, 0.29) is 12.5 Å². The first-order valence-corrected chi connectivity index (χ1v) is 7.93. The lowest BCUT2D eigenvalue weighted by Crippen LogP contribution is -2.36. The Bertz CT molecular complexity index is 682. The molecule has 116 valence electrons. The molecule has 0 radical (unpaired) electrons. The second-order valence-corrected chi connectivity index (χ2v) is 6.02. The van der Waals surface area contributed by atoms with Crippen LogP contribution in [0.5, 0.6) is 0 Å². The average molecular weight is 318 g/mol. The van der Waals surface area contributed by atoms with Crippen molar-refractivity contribution < 1.29 is 14.7 Å². The van der Waals surface area contributed by atoms with Crippen molar-refractivity contribution in [1.29, 1.82) is 0 Å². The van der Waals surface area contributed by atoms with Gasteiger partial charge in [-0.15, -0.1) is 11.3 Å². The molecule has 1 aromatic carbocycles. The lowest BCUT2D eigenvalue weighted by molar-refractivity contribution is -0.137. The van der Waals surface area contributed by atoms with Gasteiger partial charge < -0.3 is 10.0 Å². The van der Waals surface area contributed by atoms with E-state index in [2.05, 4.69) is 4.98 Å². The smallest absolute Gasteiger partial charge is 0.323 e. The average Bonchev–Trinajstić information content (AvgIpc) is 2.92. The van der Waals surface area contributed by atoms with Crippen LogP contribution in [0.1, 0.15) is 28.7 Å². The number of carbonyl (C=O) groups is 2. The Morgan fingerprint density at radius 3 is 2.73 bits per heavy atom. The monoisotopic (exact) mass is 318 g/mol. The zero-order chi connectivity index (χ0) is 16.1. The van der Waals surface area contributed by atoms with Crippen LogP contribution < -0.4 is 0 Å². The van der Waals surface area contributed by atoms with Gasteiger partial charge in [-0.1, -0.05) is 19.1 Å². The molecule has 0 aliphatic carbocycles. The third-order valence-corrected chi connectivity index (χ3v) is 3.90. The largest absolute Gasteiger partial charge is 0.480 e. The Kier molecular flexibility index (Phi) is 5.27. The Hall–Kier alpha value is -2.21. The van der Waals surface area contributed by atoms with Gasteiger partial charge in [-0.2, -0.15) is 0 Å². The van der Waals surface area contributed by atoms with Gasteiger partial charge >= 0.3 is 5.97 Å². The molecule has 0 saturated heterocycles. The summed E-state index contributed by atoms with van der Waals surface area (Å²) in [6.07, 6.45) is 0.712. The van der Waals surface area contributed by atoms with E-state index in [4.69, 9.17) is 5.11 Å². The number of aromatic nitrogens is 1. The molecule has 2 rings (SSSR count). The second-order valence-electron chi connectivity index (χ2n) is 4.95. The number of hydrogen-bond acceptors (Lipinski definition) is 4. The van der Waals surface area contributed by atoms with Crippen LogP contribution in [0.15, 0.2) is 29.6 Å². The van der Waals surface area contributed by atoms with Crippen molar-refractivity contribution in [2.24, 2.45) is 0 Å². The van der Waals surface area contributed by atoms with E-state index < -0.39 is 5.97 Å². The number of carboxylic acids is 1. The standard InChI is InChI=1S/C16H18N2O3S/c1-3-7-18(9-15(19)20)16(21)13-6-4-5-12(8-13)14-10-22-11(2)17-14/h4-6,8,10H,3,7,9H2,1-2H3,(H,19,20). The first kappa shape index (κ1) is 16.2. The van der Waals surface area contributed by atoms with Crippen molar-refractivity contribution in [2.75, 3.05) is 13.1 Å². The van der Waals surface area contributed by atoms with Gasteiger partial charge in [0.05, 0.1) is 10.7 Å². The van der Waals surface area contributed by atoms with Crippen molar-refractivity contribution in [3.05, 3.63) is 40.2 Å². The molecule has 0 spiro atoms. The molecule has 2 aromatic rings. The normalized spacial score (nSPS) is 10.5. The van der Waals surface area contributed by atoms with Crippen LogP contribution in [0.25, 0.3) is 11.3 Å². The summed E-state index contributed by atoms with van der Waals surface area (Å²) in [5.41, 5.74) is 2.18. The van der Waals surface area contributed by atoms with Crippen molar-refractivity contribution in [3.63, 3.8) is 0 Å². The predicted octanol–water partition coefficient (Wildman–Crippen LogP) is 3.06. The maximum absolute atomic E-state index is 12.5. The topological polar surface area (TPSA) is 70.5 Å². The van der Waals surface area contributed by atoms with E-state index in [0.717, 1.165) is 16.3 Å². The maximum Gasteiger partial charge on any atom is 0.323 e. The molecule has 0 unspecified atom stereocenters. The molecule has 1 heterocycles. The lowest BCUT2D eigenvalue weighted by Gasteiger charge is -2.20. The number of nitrogens with zero attached hydrogens (tertiary/aromatic N) is 2. The Labute approximate surface area is 133 Å². The summed E-state index contributed by atoms with van der Waals surface area (Å²) in [4.78, 5) is 29.2. The van der Waals surface area contributed by atoms with Gasteiger partial charge in [0.25, 0.3) is 5.91 Å². The fourth-order valence-corrected chi connectivity index (χ4v) is 2.80. The fourth-order valence-electron chi connectivity index (χ4n) is 2.18. The summed E-state index contributed by atoms with van der Waals surface area (Å²) in [6.45, 7) is 3.98. The zero-order valence-electron chi connectivity index (χ0n) is 12.6. The van der Waals surface area contributed by atoms with Crippen molar-refractivity contribution >= 4 is 23.2 Å². The number of aryl methyl sites for hydroxylation is 1. The second kappa shape index (κ2) is 7.17. The number of benzene rings is 1. The van der Waals surface area contributed by atoms with E-state index >= 15 is 0 Å². The minimum absolute atomic E-state index is 0.266. The molecule has 0 saturated carbocycles. The van der Waals surface area contributed by atoms with Gasteiger partial charge in [0, 0.05) is 23.1 Å². The number of aliphatic carboxylic acids is 1. The first-order chi connectivity index (χ1) is 10.5. The van der Waals surface area contributed by atoms with Crippen LogP contribution in [-0.2, 0) is 4.79 Å². The van der Waals surface area contributed by atoms with Crippen molar-refractivity contribution in [1.82, 2.24) is 9.88 Å². The summed E-state index contributed by atoms with van der Waals surface area (Å²) in [5.74, 6) is -1.27. The van der Waals surface area contributed by atoms with Gasteiger partial charge in [-0.3, -0.25) is 9.59 Å². The molecule has 6 heteroatoms. The molecule has 22 heavy (non-hydrogen) atoms. The van der Waals surface area contributed by atoms with Gasteiger partial charge in [-0.05, 0) is 25.5 Å². The summed E-state index contributed by atoms with van der Waals surface area (Å²) in [7, 11) is 0. The lowest BCUT2D eigenvalue weighted by atomic mass is 10.1. The highest BCUT2D eigenvalue weighted by Gasteiger charge is 2.18. The molecule has 1 N–H and O–H groups in total. The summed E-state index contributed by atoms with van der Waals surface area (Å²) < 4.78 is 0. The molecule has 0 aliphatic heterocycles. The molecule has 0 bridgehead atoms. The number of hydrogen-bond donors (Lipinski definition) is 1. The molecule has 1 amide bonds. The maximum atomic E-state index is 12.5. The Balaban J connectivity index is 2.27. The first-order valence-electron chi connectivity index (χ1n) is 7.05. The highest BCUT2D eigenvalue weighted by atomic mass is 32.1. The van der Waals surface area contributed by atoms with Crippen LogP contribution in [0.3, 0.4) is 0 Å². The molecule has 0 aliphatic rings. The third kappa shape index (κ3) is 3.92. The minimum Gasteiger partial charge on any atom is -0.480 e. The predicted molar refractivity (Wildman–Crippen MR) is 86.1 cm³/mol. The Morgan fingerprint density at radius 1 is 1.36 bits per heavy atom. The third-order valence-electron chi connectivity index (χ3n) is 3.13. The highest BCUT2D eigenvalue weighted by molar-refractivity contribution is 7.09. The van der Waals surface area contributed by atoms with Crippen LogP contribution in [-0.4, -0.2) is 40.0 Å². The highest BCUT2D eigenvalue weighted by Crippen LogP contribution is 2.23. The summed E-state index contributed by atoms with van der Waals surface area (Å²) >= 11 is 1.55. The number of rotatable bonds is 6. The quantitative estimate of drug-likeness (QED) is 0.888. The van der Waals surface area contributed by atoms with Crippen LogP contribution in [0, 0.1) is 6.92 Å². The molecular weight excluding hydrogens is 300 g/mol. The van der Waals surface area contributed by atoms with E-state index in [0.29, 0.717) is 18.5 Å². The van der Waals surface area contributed by atoms with Gasteiger partial charge in [0.1, 0.15) is 6.54 Å². The summed E-state index contributed by atoms with van der Waals surface area (Å²) in [6, 6.07) is 7.16. The van der Waals surface area contributed by atoms with E-state index in [1.54, 1.807) is 29.5 Å². The van der Waals surface area contributed by atoms with Crippen LogP contribution in [0.2, 0.25) is 0 Å². The van der Waals surface area contributed by atoms with Crippen LogP contribution in [0.4, 0.5) is 0 Å². The van der Waals surface area contributed by atoms with E-state index in [1.807, 2.05) is 25.3 Å². The molecule has 0 atom stereocenters. The number of thiazole rings is 1. The summed E-state index contributed by atoms with van der Waals surface area (Å²) in [5, 5.41) is 11.8. The number of carboxylic acid groups (broad SMARTS) is 1. The van der Waals surface area contributed by atoms with Gasteiger partial charge in [0.15, 0.2) is 0 Å². The number of carbonyl (C=O) groups excluding carboxylic acids is 1. The SMILES string of the molecule is CCCN(CC(=O)O)C(=O)c1cccc(-c2csc(C)n2)c1. The molecular formula is C16H18N2O3S. The minimum atomic E-state index is -1.01. The van der Waals surface area contributed by atoms with Crippen molar-refractivity contribution in [2.45, 2.75) is 20.3 Å². The van der Waals surface area contributed by atoms with Crippen LogP contribution >= 0.6 is 11.3 Å². The molecule has 1 aromatic heterocycles. The fraction of sp³-hybridized carbons (Fsp3) is 0.312. The van der Waals surface area contributed by atoms with E-state index in [1.165, 1.54) is 4.90 Å². The van der Waals surface area contributed by atoms with E-state index in [9.17, 15) is 9.59 Å². The molecule has 5 nitrogen and oxygen atoms in total. The number of amides is 1. The Morgan fingerprint density at radius 2 is 2.14 bits per heavy atom. The zero-order valence-corrected chi connectivity index (χ0v) is 13.4. The molecule has 0 fully saturated rings. The van der Waals surface area contributed by atoms with Gasteiger partial charge in [0.2, 0.25) is 0 Å². The van der Waals surface area contributed by atoms with Gasteiger partial charge in [-0.25, -0.2) is 4.98 Å². The van der Waals surface area contributed by atoms with Crippen molar-refractivity contribution in [3.8, 4) is 11.3 Å².